The molecule has 0 saturated carbocycles. The highest BCUT2D eigenvalue weighted by atomic mass is 19.1. The Balaban J connectivity index is 2.70. The summed E-state index contributed by atoms with van der Waals surface area (Å²) >= 11 is 0. The number of pyridine rings is 1. The van der Waals surface area contributed by atoms with E-state index < -0.39 is 0 Å². The topological polar surface area (TPSA) is 24.9 Å². The minimum absolute atomic E-state index is 0.237. The van der Waals surface area contributed by atoms with Gasteiger partial charge < -0.3 is 5.32 Å². The smallest absolute Gasteiger partial charge is 0.141 e. The molecule has 1 atom stereocenters. The third kappa shape index (κ3) is 4.27. The van der Waals surface area contributed by atoms with Gasteiger partial charge in [0.2, 0.25) is 0 Å². The predicted octanol–water partition coefficient (Wildman–Crippen LogP) is 3.45. The third-order valence-electron chi connectivity index (χ3n) is 2.49. The maximum Gasteiger partial charge on any atom is 0.141 e. The van der Waals surface area contributed by atoms with Crippen LogP contribution < -0.4 is 5.32 Å². The highest BCUT2D eigenvalue weighted by Crippen LogP contribution is 2.18. The summed E-state index contributed by atoms with van der Waals surface area (Å²) < 4.78 is 12.8. The zero-order valence-electron chi connectivity index (χ0n) is 10.3. The van der Waals surface area contributed by atoms with E-state index in [0.29, 0.717) is 6.04 Å². The van der Waals surface area contributed by atoms with Gasteiger partial charge in [-0.05, 0) is 18.6 Å². The van der Waals surface area contributed by atoms with Crippen LogP contribution in [0, 0.1) is 5.82 Å². The molecule has 1 N–H and O–H groups in total. The van der Waals surface area contributed by atoms with Crippen molar-refractivity contribution in [2.45, 2.75) is 52.1 Å². The van der Waals surface area contributed by atoms with Gasteiger partial charge in [-0.3, -0.25) is 4.98 Å². The van der Waals surface area contributed by atoms with Crippen molar-refractivity contribution in [2.75, 3.05) is 0 Å². The van der Waals surface area contributed by atoms with Gasteiger partial charge in [-0.1, -0.05) is 33.6 Å². The molecule has 0 radical (unpaired) electrons. The van der Waals surface area contributed by atoms with Crippen LogP contribution in [0.5, 0.6) is 0 Å². The molecular formula is C13H21FN2. The number of nitrogens with zero attached hydrogens (tertiary/aromatic N) is 1. The van der Waals surface area contributed by atoms with E-state index in [1.807, 2.05) is 0 Å². The molecule has 2 nitrogen and oxygen atoms in total. The number of hydrogen-bond acceptors (Lipinski definition) is 2. The van der Waals surface area contributed by atoms with Gasteiger partial charge in [0.05, 0.1) is 11.9 Å². The number of nitrogens with one attached hydrogen (secondary N) is 1. The summed E-state index contributed by atoms with van der Waals surface area (Å²) in [7, 11) is 0. The fourth-order valence-corrected chi connectivity index (χ4v) is 1.72. The van der Waals surface area contributed by atoms with E-state index >= 15 is 0 Å². The average Bonchev–Trinajstić information content (AvgIpc) is 2.25. The molecule has 1 aromatic rings. The molecule has 90 valence electrons. The maximum atomic E-state index is 12.8. The number of rotatable bonds is 6. The van der Waals surface area contributed by atoms with Crippen LogP contribution in [0.3, 0.4) is 0 Å². The van der Waals surface area contributed by atoms with Crippen LogP contribution in [0.25, 0.3) is 0 Å². The number of hydrogen-bond donors (Lipinski definition) is 1. The third-order valence-corrected chi connectivity index (χ3v) is 2.49. The molecule has 16 heavy (non-hydrogen) atoms. The van der Waals surface area contributed by atoms with Gasteiger partial charge in [0, 0.05) is 12.1 Å². The maximum absolute atomic E-state index is 12.8. The largest absolute Gasteiger partial charge is 0.306 e. The lowest BCUT2D eigenvalue weighted by Crippen LogP contribution is -2.28. The van der Waals surface area contributed by atoms with Crippen LogP contribution in [-0.4, -0.2) is 11.0 Å². The molecule has 0 amide bonds. The van der Waals surface area contributed by atoms with E-state index in [2.05, 4.69) is 31.1 Å². The first-order valence-electron chi connectivity index (χ1n) is 6.01. The minimum atomic E-state index is -0.275. The van der Waals surface area contributed by atoms with Crippen molar-refractivity contribution >= 4 is 0 Å². The van der Waals surface area contributed by atoms with Gasteiger partial charge in [-0.2, -0.15) is 0 Å². The Morgan fingerprint density at radius 2 is 2.12 bits per heavy atom. The average molecular weight is 224 g/mol. The lowest BCUT2D eigenvalue weighted by Gasteiger charge is -2.20. The second-order valence-corrected chi connectivity index (χ2v) is 4.42. The first kappa shape index (κ1) is 13.1. The molecular weight excluding hydrogens is 203 g/mol. The molecule has 1 aromatic heterocycles. The Morgan fingerprint density at radius 1 is 1.38 bits per heavy atom. The molecule has 0 aliphatic carbocycles. The van der Waals surface area contributed by atoms with Crippen molar-refractivity contribution in [3.05, 3.63) is 29.8 Å². The van der Waals surface area contributed by atoms with Crippen LogP contribution in [-0.2, 0) is 0 Å². The van der Waals surface area contributed by atoms with Crippen LogP contribution in [0.2, 0.25) is 0 Å². The van der Waals surface area contributed by atoms with Gasteiger partial charge in [-0.15, -0.1) is 0 Å². The summed E-state index contributed by atoms with van der Waals surface area (Å²) in [6.07, 6.45) is 4.66. The second kappa shape index (κ2) is 6.59. The van der Waals surface area contributed by atoms with Gasteiger partial charge >= 0.3 is 0 Å². The van der Waals surface area contributed by atoms with E-state index in [1.54, 1.807) is 6.07 Å². The highest BCUT2D eigenvalue weighted by molar-refractivity contribution is 5.10. The van der Waals surface area contributed by atoms with E-state index in [1.165, 1.54) is 12.3 Å². The van der Waals surface area contributed by atoms with Crippen molar-refractivity contribution in [1.82, 2.24) is 10.3 Å². The van der Waals surface area contributed by atoms with Crippen LogP contribution in [0.1, 0.15) is 51.8 Å². The van der Waals surface area contributed by atoms with Gasteiger partial charge in [0.1, 0.15) is 5.82 Å². The molecule has 0 bridgehead atoms. The standard InChI is InChI=1S/C13H21FN2/c1-4-5-6-13(16-10(2)3)12-8-7-11(14)9-15-12/h7-10,13,16H,4-6H2,1-3H3. The summed E-state index contributed by atoms with van der Waals surface area (Å²) in [5, 5.41) is 3.47. The zero-order chi connectivity index (χ0) is 12.0. The highest BCUT2D eigenvalue weighted by Gasteiger charge is 2.13. The molecule has 0 fully saturated rings. The number of aromatic nitrogens is 1. The van der Waals surface area contributed by atoms with Gasteiger partial charge in [0.15, 0.2) is 0 Å². The SMILES string of the molecule is CCCCC(NC(C)C)c1ccc(F)cn1. The Kier molecular flexibility index (Phi) is 5.39. The summed E-state index contributed by atoms with van der Waals surface area (Å²) in [6, 6.07) is 3.89. The number of unbranched alkanes of at least 4 members (excludes halogenated alkanes) is 1. The molecule has 0 aliphatic rings. The molecule has 0 spiro atoms. The lowest BCUT2D eigenvalue weighted by molar-refractivity contribution is 0.431. The Labute approximate surface area is 97.3 Å². The zero-order valence-corrected chi connectivity index (χ0v) is 10.3. The summed E-state index contributed by atoms with van der Waals surface area (Å²) in [5.41, 5.74) is 0.934. The van der Waals surface area contributed by atoms with Crippen molar-refractivity contribution in [3.8, 4) is 0 Å². The molecule has 0 aromatic carbocycles. The lowest BCUT2D eigenvalue weighted by atomic mass is 10.1. The molecule has 0 saturated heterocycles. The number of halogens is 1. The predicted molar refractivity (Wildman–Crippen MR) is 64.7 cm³/mol. The quantitative estimate of drug-likeness (QED) is 0.800. The van der Waals surface area contributed by atoms with Crippen LogP contribution >= 0.6 is 0 Å². The van der Waals surface area contributed by atoms with Crippen molar-refractivity contribution in [2.24, 2.45) is 0 Å². The Bertz CT molecular complexity index is 295. The fourth-order valence-electron chi connectivity index (χ4n) is 1.72. The Morgan fingerprint density at radius 3 is 2.62 bits per heavy atom. The minimum Gasteiger partial charge on any atom is -0.306 e. The van der Waals surface area contributed by atoms with Gasteiger partial charge in [-0.25, -0.2) is 4.39 Å². The molecule has 1 heterocycles. The molecule has 1 rings (SSSR count). The molecule has 0 aliphatic heterocycles. The molecule has 1 unspecified atom stereocenters. The van der Waals surface area contributed by atoms with Crippen LogP contribution in [0.4, 0.5) is 4.39 Å². The van der Waals surface area contributed by atoms with Crippen molar-refractivity contribution < 1.29 is 4.39 Å². The van der Waals surface area contributed by atoms with E-state index in [0.717, 1.165) is 25.0 Å². The first-order valence-corrected chi connectivity index (χ1v) is 6.01. The Hall–Kier alpha value is -0.960. The summed E-state index contributed by atoms with van der Waals surface area (Å²) in [4.78, 5) is 4.15. The van der Waals surface area contributed by atoms with Crippen molar-refractivity contribution in [1.29, 1.82) is 0 Å². The van der Waals surface area contributed by atoms with E-state index in [9.17, 15) is 4.39 Å². The van der Waals surface area contributed by atoms with Crippen molar-refractivity contribution in [3.63, 3.8) is 0 Å². The van der Waals surface area contributed by atoms with E-state index in [4.69, 9.17) is 0 Å². The fraction of sp³-hybridized carbons (Fsp3) is 0.615. The van der Waals surface area contributed by atoms with E-state index in [-0.39, 0.29) is 11.9 Å². The monoisotopic (exact) mass is 224 g/mol. The summed E-state index contributed by atoms with van der Waals surface area (Å²) in [6.45, 7) is 6.40. The van der Waals surface area contributed by atoms with Crippen LogP contribution in [0.15, 0.2) is 18.3 Å². The second-order valence-electron chi connectivity index (χ2n) is 4.42. The molecule has 3 heteroatoms. The van der Waals surface area contributed by atoms with Gasteiger partial charge in [0.25, 0.3) is 0 Å². The summed E-state index contributed by atoms with van der Waals surface area (Å²) in [5.74, 6) is -0.275. The normalized spacial score (nSPS) is 13.1. The first-order chi connectivity index (χ1) is 7.63.